The Bertz CT molecular complexity index is 770. The van der Waals surface area contributed by atoms with Crippen molar-refractivity contribution in [1.29, 1.82) is 0 Å². The minimum atomic E-state index is 0.0695. The number of nitrogens with zero attached hydrogens (tertiary/aromatic N) is 3. The average Bonchev–Trinajstić information content (AvgIpc) is 2.91. The number of aryl methyl sites for hydroxylation is 1. The van der Waals surface area contributed by atoms with Gasteiger partial charge in [-0.1, -0.05) is 20.8 Å². The van der Waals surface area contributed by atoms with E-state index >= 15 is 0 Å². The van der Waals surface area contributed by atoms with Crippen molar-refractivity contribution in [1.82, 2.24) is 15.3 Å². The molecule has 4 rings (SSSR count). The second-order valence-electron chi connectivity index (χ2n) is 7.61. The molecule has 1 N–H and O–H groups in total. The molecule has 0 aromatic carbocycles. The number of anilines is 1. The Hall–Kier alpha value is -1.69. The van der Waals surface area contributed by atoms with Crippen LogP contribution in [-0.2, 0) is 11.2 Å². The van der Waals surface area contributed by atoms with Gasteiger partial charge in [-0.05, 0) is 25.3 Å². The summed E-state index contributed by atoms with van der Waals surface area (Å²) in [5.74, 6) is 1.32. The van der Waals surface area contributed by atoms with Gasteiger partial charge in [0.2, 0.25) is 5.91 Å². The largest absolute Gasteiger partial charge is 0.355 e. The Labute approximate surface area is 146 Å². The Balaban J connectivity index is 1.40. The first-order valence-electron chi connectivity index (χ1n) is 8.78. The fourth-order valence-electron chi connectivity index (χ4n) is 3.95. The summed E-state index contributed by atoms with van der Waals surface area (Å²) in [4.78, 5) is 25.6. The predicted octanol–water partition coefficient (Wildman–Crippen LogP) is 2.99. The van der Waals surface area contributed by atoms with Crippen molar-refractivity contribution in [2.24, 2.45) is 11.3 Å². The third-order valence-corrected chi connectivity index (χ3v) is 6.48. The van der Waals surface area contributed by atoms with Crippen molar-refractivity contribution in [3.63, 3.8) is 0 Å². The van der Waals surface area contributed by atoms with Crippen LogP contribution >= 0.6 is 11.3 Å². The van der Waals surface area contributed by atoms with Crippen LogP contribution < -0.4 is 10.2 Å². The van der Waals surface area contributed by atoms with Crippen molar-refractivity contribution in [2.75, 3.05) is 18.0 Å². The van der Waals surface area contributed by atoms with Crippen LogP contribution in [0.25, 0.3) is 10.2 Å². The number of hydrogen-bond acceptors (Lipinski definition) is 5. The summed E-state index contributed by atoms with van der Waals surface area (Å²) in [6, 6.07) is 2.60. The van der Waals surface area contributed by atoms with E-state index in [0.29, 0.717) is 11.5 Å². The molecule has 1 amide bonds. The number of nitrogens with one attached hydrogen (secondary N) is 1. The van der Waals surface area contributed by atoms with E-state index in [9.17, 15) is 4.79 Å². The molecule has 5 nitrogen and oxygen atoms in total. The molecule has 0 unspecified atom stereocenters. The predicted molar refractivity (Wildman–Crippen MR) is 97.4 cm³/mol. The molecule has 1 aliphatic carbocycles. The number of carbonyl (C=O) groups is 1. The molecule has 128 valence electrons. The maximum atomic E-state index is 11.8. The summed E-state index contributed by atoms with van der Waals surface area (Å²) >= 11 is 1.77. The molecular weight excluding hydrogens is 320 g/mol. The van der Waals surface area contributed by atoms with Crippen LogP contribution in [0.2, 0.25) is 0 Å². The molecule has 0 bridgehead atoms. The summed E-state index contributed by atoms with van der Waals surface area (Å²) < 4.78 is 0. The Morgan fingerprint density at radius 1 is 1.42 bits per heavy atom. The molecule has 0 atom stereocenters. The topological polar surface area (TPSA) is 58.1 Å². The normalized spacial score (nSPS) is 19.6. The molecule has 2 aromatic heterocycles. The monoisotopic (exact) mass is 344 g/mol. The van der Waals surface area contributed by atoms with Gasteiger partial charge in [0.15, 0.2) is 0 Å². The number of thiophene rings is 1. The molecule has 2 aliphatic rings. The molecule has 0 radical (unpaired) electrons. The highest BCUT2D eigenvalue weighted by atomic mass is 32.1. The second kappa shape index (κ2) is 5.69. The molecule has 6 heteroatoms. The highest BCUT2D eigenvalue weighted by Gasteiger charge is 2.53. The maximum Gasteiger partial charge on any atom is 0.222 e. The van der Waals surface area contributed by atoms with Crippen LogP contribution in [0.15, 0.2) is 12.4 Å². The van der Waals surface area contributed by atoms with Gasteiger partial charge in [-0.2, -0.15) is 0 Å². The zero-order valence-electron chi connectivity index (χ0n) is 14.5. The standard InChI is InChI=1S/C18H24N4OS/c1-4-13-5-14-15(19-10-20-17(14)24-13)22-8-18(9-22)6-12(7-18)21-16(23)11(2)3/h5,10-12H,4,6-9H2,1-3H3,(H,21,23). The maximum absolute atomic E-state index is 11.8. The number of carbonyl (C=O) groups excluding carboxylic acids is 1. The molecule has 1 aliphatic heterocycles. The zero-order chi connectivity index (χ0) is 16.9. The van der Waals surface area contributed by atoms with E-state index in [1.807, 2.05) is 13.8 Å². The Kier molecular flexibility index (Phi) is 3.75. The molecule has 2 fully saturated rings. The molecule has 3 heterocycles. The van der Waals surface area contributed by atoms with E-state index in [1.165, 1.54) is 10.3 Å². The molecular formula is C18H24N4OS. The van der Waals surface area contributed by atoms with E-state index in [4.69, 9.17) is 0 Å². The summed E-state index contributed by atoms with van der Waals surface area (Å²) in [7, 11) is 0. The van der Waals surface area contributed by atoms with Crippen molar-refractivity contribution in [3.05, 3.63) is 17.3 Å². The lowest BCUT2D eigenvalue weighted by Gasteiger charge is -2.59. The molecule has 2 aromatic rings. The van der Waals surface area contributed by atoms with E-state index in [2.05, 4.69) is 33.2 Å². The first-order chi connectivity index (χ1) is 11.5. The van der Waals surface area contributed by atoms with Gasteiger partial charge < -0.3 is 10.2 Å². The lowest BCUT2D eigenvalue weighted by atomic mass is 9.60. The van der Waals surface area contributed by atoms with Crippen LogP contribution in [0.4, 0.5) is 5.82 Å². The quantitative estimate of drug-likeness (QED) is 0.926. The number of hydrogen-bond donors (Lipinski definition) is 1. The van der Waals surface area contributed by atoms with Crippen LogP contribution in [0.5, 0.6) is 0 Å². The Morgan fingerprint density at radius 3 is 2.83 bits per heavy atom. The average molecular weight is 344 g/mol. The van der Waals surface area contributed by atoms with Gasteiger partial charge in [0.25, 0.3) is 0 Å². The molecule has 1 saturated carbocycles. The lowest BCUT2D eigenvalue weighted by molar-refractivity contribution is -0.126. The highest BCUT2D eigenvalue weighted by Crippen LogP contribution is 2.50. The van der Waals surface area contributed by atoms with Crippen LogP contribution in [-0.4, -0.2) is 35.0 Å². The SMILES string of the molecule is CCc1cc2c(N3CC4(CC(NC(=O)C(C)C)C4)C3)ncnc2s1. The first-order valence-corrected chi connectivity index (χ1v) is 9.60. The minimum Gasteiger partial charge on any atom is -0.355 e. The van der Waals surface area contributed by atoms with E-state index < -0.39 is 0 Å². The summed E-state index contributed by atoms with van der Waals surface area (Å²) in [6.07, 6.45) is 4.92. The Morgan fingerprint density at radius 2 is 2.17 bits per heavy atom. The summed E-state index contributed by atoms with van der Waals surface area (Å²) in [6.45, 7) is 8.16. The van der Waals surface area contributed by atoms with Crippen molar-refractivity contribution < 1.29 is 4.79 Å². The molecule has 1 saturated heterocycles. The number of fused-ring (bicyclic) bond motifs is 1. The fourth-order valence-corrected chi connectivity index (χ4v) is 4.88. The van der Waals surface area contributed by atoms with Crippen molar-refractivity contribution in [3.8, 4) is 0 Å². The number of amides is 1. The smallest absolute Gasteiger partial charge is 0.222 e. The summed E-state index contributed by atoms with van der Waals surface area (Å²) in [5.41, 5.74) is 0.385. The van der Waals surface area contributed by atoms with Gasteiger partial charge in [0, 0.05) is 35.3 Å². The van der Waals surface area contributed by atoms with Gasteiger partial charge in [-0.15, -0.1) is 11.3 Å². The van der Waals surface area contributed by atoms with Crippen LogP contribution in [0.3, 0.4) is 0 Å². The first kappa shape index (κ1) is 15.8. The molecule has 24 heavy (non-hydrogen) atoms. The number of aromatic nitrogens is 2. The van der Waals surface area contributed by atoms with Crippen molar-refractivity contribution in [2.45, 2.75) is 46.1 Å². The lowest BCUT2D eigenvalue weighted by Crippen LogP contribution is -2.67. The third kappa shape index (κ3) is 2.57. The van der Waals surface area contributed by atoms with Gasteiger partial charge in [0.1, 0.15) is 17.0 Å². The van der Waals surface area contributed by atoms with Crippen LogP contribution in [0, 0.1) is 11.3 Å². The molecule has 1 spiro atoms. The zero-order valence-corrected chi connectivity index (χ0v) is 15.3. The third-order valence-electron chi connectivity index (χ3n) is 5.29. The van der Waals surface area contributed by atoms with E-state index in [1.54, 1.807) is 17.7 Å². The van der Waals surface area contributed by atoms with Gasteiger partial charge >= 0.3 is 0 Å². The fraction of sp³-hybridized carbons (Fsp3) is 0.611. The van der Waals surface area contributed by atoms with Gasteiger partial charge in [-0.25, -0.2) is 9.97 Å². The van der Waals surface area contributed by atoms with Gasteiger partial charge in [0.05, 0.1) is 5.39 Å². The number of rotatable bonds is 4. The van der Waals surface area contributed by atoms with Crippen LogP contribution in [0.1, 0.15) is 38.5 Å². The highest BCUT2D eigenvalue weighted by molar-refractivity contribution is 7.18. The van der Waals surface area contributed by atoms with Crippen molar-refractivity contribution >= 4 is 33.3 Å². The summed E-state index contributed by atoms with van der Waals surface area (Å²) in [5, 5.41) is 4.35. The second-order valence-corrected chi connectivity index (χ2v) is 8.72. The van der Waals surface area contributed by atoms with Gasteiger partial charge in [-0.3, -0.25) is 4.79 Å². The van der Waals surface area contributed by atoms with E-state index in [-0.39, 0.29) is 11.8 Å². The minimum absolute atomic E-state index is 0.0695. The van der Waals surface area contributed by atoms with E-state index in [0.717, 1.165) is 43.0 Å².